The quantitative estimate of drug-likeness (QED) is 0.754. The second kappa shape index (κ2) is 5.02. The lowest BCUT2D eigenvalue weighted by molar-refractivity contribution is -0.118. The molecule has 0 saturated heterocycles. The van der Waals surface area contributed by atoms with E-state index in [0.29, 0.717) is 6.42 Å². The van der Waals surface area contributed by atoms with Crippen LogP contribution in [0, 0.1) is 0 Å². The molecule has 22 heavy (non-hydrogen) atoms. The lowest BCUT2D eigenvalue weighted by Crippen LogP contribution is -2.31. The van der Waals surface area contributed by atoms with Crippen LogP contribution in [0.5, 0.6) is 0 Å². The van der Waals surface area contributed by atoms with Crippen LogP contribution in [-0.4, -0.2) is 10.9 Å². The molecule has 1 amide bonds. The zero-order chi connectivity index (χ0) is 15.1. The Bertz CT molecular complexity index is 849. The van der Waals surface area contributed by atoms with Crippen molar-refractivity contribution in [1.29, 1.82) is 0 Å². The maximum absolute atomic E-state index is 12.5. The maximum atomic E-state index is 12.5. The number of aromatic amines is 1. The highest BCUT2D eigenvalue weighted by molar-refractivity contribution is 5.97. The molecule has 1 aromatic heterocycles. The Morgan fingerprint density at radius 3 is 2.82 bits per heavy atom. The summed E-state index contributed by atoms with van der Waals surface area (Å²) in [7, 11) is 0. The van der Waals surface area contributed by atoms with E-state index < -0.39 is 0 Å². The number of benzene rings is 2. The minimum Gasteiger partial charge on any atom is -0.361 e. The molecule has 1 aliphatic rings. The highest BCUT2D eigenvalue weighted by Crippen LogP contribution is 2.42. The molecule has 3 nitrogen and oxygen atoms in total. The predicted octanol–water partition coefficient (Wildman–Crippen LogP) is 4.21. The number of carbonyl (C=O) groups excluding carboxylic acids is 1. The van der Waals surface area contributed by atoms with E-state index in [1.165, 1.54) is 16.5 Å². The summed E-state index contributed by atoms with van der Waals surface area (Å²) in [6.45, 7) is 1.93. The number of nitrogens with zero attached hydrogens (tertiary/aromatic N) is 1. The molecule has 1 unspecified atom stereocenters. The van der Waals surface area contributed by atoms with Gasteiger partial charge in [0.1, 0.15) is 0 Å². The summed E-state index contributed by atoms with van der Waals surface area (Å²) in [5, 5.41) is 1.20. The molecule has 2 aromatic carbocycles. The van der Waals surface area contributed by atoms with Gasteiger partial charge in [0.15, 0.2) is 0 Å². The Morgan fingerprint density at radius 2 is 1.95 bits per heavy atom. The zero-order valence-electron chi connectivity index (χ0n) is 12.5. The van der Waals surface area contributed by atoms with E-state index in [-0.39, 0.29) is 11.9 Å². The molecule has 0 bridgehead atoms. The Morgan fingerprint density at radius 1 is 1.18 bits per heavy atom. The monoisotopic (exact) mass is 290 g/mol. The van der Waals surface area contributed by atoms with Gasteiger partial charge in [-0.1, -0.05) is 43.3 Å². The Balaban J connectivity index is 1.86. The first-order chi connectivity index (χ1) is 10.8. The van der Waals surface area contributed by atoms with Crippen molar-refractivity contribution < 1.29 is 4.79 Å². The first kappa shape index (κ1) is 13.1. The molecule has 3 aromatic rings. The number of anilines is 1. The SMILES string of the molecule is CCC(=O)N1c2ccccc2CC1c1c[nH]c2ccccc12. The van der Waals surface area contributed by atoms with Gasteiger partial charge in [0.2, 0.25) is 5.91 Å². The number of carbonyl (C=O) groups is 1. The number of rotatable bonds is 2. The average Bonchev–Trinajstić information content (AvgIpc) is 3.15. The van der Waals surface area contributed by atoms with Crippen molar-refractivity contribution in [2.75, 3.05) is 4.90 Å². The lowest BCUT2D eigenvalue weighted by Gasteiger charge is -2.25. The van der Waals surface area contributed by atoms with Crippen LogP contribution in [0.4, 0.5) is 5.69 Å². The van der Waals surface area contributed by atoms with Crippen LogP contribution in [0.25, 0.3) is 10.9 Å². The number of fused-ring (bicyclic) bond motifs is 2. The molecular weight excluding hydrogens is 272 g/mol. The van der Waals surface area contributed by atoms with Crippen molar-refractivity contribution in [3.8, 4) is 0 Å². The van der Waals surface area contributed by atoms with Crippen LogP contribution in [0.3, 0.4) is 0 Å². The fraction of sp³-hybridized carbons (Fsp3) is 0.211. The summed E-state index contributed by atoms with van der Waals surface area (Å²) >= 11 is 0. The topological polar surface area (TPSA) is 36.1 Å². The van der Waals surface area contributed by atoms with Gasteiger partial charge in [0, 0.05) is 34.8 Å². The zero-order valence-corrected chi connectivity index (χ0v) is 12.5. The smallest absolute Gasteiger partial charge is 0.227 e. The van der Waals surface area contributed by atoms with Crippen molar-refractivity contribution in [3.63, 3.8) is 0 Å². The lowest BCUT2D eigenvalue weighted by atomic mass is 10.0. The van der Waals surface area contributed by atoms with Gasteiger partial charge in [-0.25, -0.2) is 0 Å². The van der Waals surface area contributed by atoms with Gasteiger partial charge in [0.25, 0.3) is 0 Å². The number of hydrogen-bond donors (Lipinski definition) is 1. The molecule has 1 N–H and O–H groups in total. The second-order valence-electron chi connectivity index (χ2n) is 5.76. The second-order valence-corrected chi connectivity index (χ2v) is 5.76. The van der Waals surface area contributed by atoms with Gasteiger partial charge in [-0.15, -0.1) is 0 Å². The third-order valence-corrected chi connectivity index (χ3v) is 4.53. The third kappa shape index (κ3) is 1.86. The molecule has 2 heterocycles. The van der Waals surface area contributed by atoms with E-state index in [0.717, 1.165) is 17.6 Å². The van der Waals surface area contributed by atoms with E-state index in [1.807, 2.05) is 36.1 Å². The molecule has 0 aliphatic carbocycles. The molecule has 0 saturated carbocycles. The van der Waals surface area contributed by atoms with Crippen molar-refractivity contribution in [3.05, 3.63) is 65.9 Å². The van der Waals surface area contributed by atoms with Gasteiger partial charge >= 0.3 is 0 Å². The standard InChI is InChI=1S/C19H18N2O/c1-2-19(22)21-17-10-6-3-7-13(17)11-18(21)15-12-20-16-9-5-4-8-14(15)16/h3-10,12,18,20H,2,11H2,1H3. The van der Waals surface area contributed by atoms with Gasteiger partial charge in [-0.2, -0.15) is 0 Å². The van der Waals surface area contributed by atoms with Crippen molar-refractivity contribution >= 4 is 22.5 Å². The minimum atomic E-state index is 0.0843. The molecule has 0 radical (unpaired) electrons. The normalized spacial score (nSPS) is 17.0. The van der Waals surface area contributed by atoms with E-state index in [2.05, 4.69) is 35.4 Å². The van der Waals surface area contributed by atoms with E-state index >= 15 is 0 Å². The molecule has 3 heteroatoms. The van der Waals surface area contributed by atoms with E-state index in [1.54, 1.807) is 0 Å². The number of para-hydroxylation sites is 2. The molecular formula is C19H18N2O. The summed E-state index contributed by atoms with van der Waals surface area (Å²) in [5.41, 5.74) is 4.63. The van der Waals surface area contributed by atoms with Crippen LogP contribution < -0.4 is 4.90 Å². The average molecular weight is 290 g/mol. The Kier molecular flexibility index (Phi) is 3.00. The molecule has 110 valence electrons. The Hall–Kier alpha value is -2.55. The fourth-order valence-corrected chi connectivity index (χ4v) is 3.48. The molecule has 1 atom stereocenters. The summed E-state index contributed by atoms with van der Waals surface area (Å²) in [6.07, 6.45) is 3.45. The number of H-pyrrole nitrogens is 1. The third-order valence-electron chi connectivity index (χ3n) is 4.53. The van der Waals surface area contributed by atoms with Crippen LogP contribution in [0.2, 0.25) is 0 Å². The van der Waals surface area contributed by atoms with Crippen molar-refractivity contribution in [2.45, 2.75) is 25.8 Å². The molecule has 4 rings (SSSR count). The number of aromatic nitrogens is 1. The number of nitrogens with one attached hydrogen (secondary N) is 1. The van der Waals surface area contributed by atoms with Gasteiger partial charge in [-0.05, 0) is 24.1 Å². The highest BCUT2D eigenvalue weighted by Gasteiger charge is 2.34. The van der Waals surface area contributed by atoms with Crippen molar-refractivity contribution in [1.82, 2.24) is 4.98 Å². The highest BCUT2D eigenvalue weighted by atomic mass is 16.2. The largest absolute Gasteiger partial charge is 0.361 e. The molecule has 0 fully saturated rings. The fourth-order valence-electron chi connectivity index (χ4n) is 3.48. The Labute approximate surface area is 129 Å². The van der Waals surface area contributed by atoms with Crippen molar-refractivity contribution in [2.24, 2.45) is 0 Å². The van der Waals surface area contributed by atoms with Gasteiger partial charge in [-0.3, -0.25) is 4.79 Å². The van der Waals surface area contributed by atoms with Gasteiger partial charge in [0.05, 0.1) is 6.04 Å². The summed E-state index contributed by atoms with van der Waals surface area (Å²) in [4.78, 5) is 17.8. The molecule has 1 aliphatic heterocycles. The first-order valence-corrected chi connectivity index (χ1v) is 7.75. The summed E-state index contributed by atoms with van der Waals surface area (Å²) in [5.74, 6) is 0.181. The number of hydrogen-bond acceptors (Lipinski definition) is 1. The predicted molar refractivity (Wildman–Crippen MR) is 89.0 cm³/mol. The van der Waals surface area contributed by atoms with Crippen LogP contribution in [0.15, 0.2) is 54.7 Å². The summed E-state index contributed by atoms with van der Waals surface area (Å²) in [6, 6.07) is 16.6. The maximum Gasteiger partial charge on any atom is 0.227 e. The summed E-state index contributed by atoms with van der Waals surface area (Å²) < 4.78 is 0. The first-order valence-electron chi connectivity index (χ1n) is 7.75. The minimum absolute atomic E-state index is 0.0843. The van der Waals surface area contributed by atoms with Crippen LogP contribution >= 0.6 is 0 Å². The number of amides is 1. The van der Waals surface area contributed by atoms with E-state index in [4.69, 9.17) is 0 Å². The van der Waals surface area contributed by atoms with Crippen LogP contribution in [-0.2, 0) is 11.2 Å². The molecule has 0 spiro atoms. The van der Waals surface area contributed by atoms with E-state index in [9.17, 15) is 4.79 Å². The van der Waals surface area contributed by atoms with Gasteiger partial charge < -0.3 is 9.88 Å². The van der Waals surface area contributed by atoms with Crippen LogP contribution in [0.1, 0.15) is 30.5 Å².